The zero-order valence-corrected chi connectivity index (χ0v) is 17.6. The van der Waals surface area contributed by atoms with Crippen molar-refractivity contribution in [2.24, 2.45) is 5.16 Å². The molecule has 0 spiro atoms. The van der Waals surface area contributed by atoms with Gasteiger partial charge in [-0.2, -0.15) is 0 Å². The van der Waals surface area contributed by atoms with Gasteiger partial charge in [0.05, 0.1) is 24.8 Å². The number of nitrogens with zero attached hydrogens (tertiary/aromatic N) is 1. The van der Waals surface area contributed by atoms with Gasteiger partial charge in [-0.25, -0.2) is 0 Å². The summed E-state index contributed by atoms with van der Waals surface area (Å²) in [5, 5.41) is 12.0. The number of furan rings is 1. The molecule has 164 valence electrons. The van der Waals surface area contributed by atoms with Gasteiger partial charge in [0, 0.05) is 26.7 Å². The molecule has 2 rings (SSSR count). The molecule has 0 aliphatic rings. The summed E-state index contributed by atoms with van der Waals surface area (Å²) in [6.07, 6.45) is 1.10. The fraction of sp³-hybridized carbons (Fsp3) is 0.429. The zero-order chi connectivity index (χ0) is 21.9. The highest BCUT2D eigenvalue weighted by Crippen LogP contribution is 2.39. The highest BCUT2D eigenvalue weighted by atomic mass is 16.7. The summed E-state index contributed by atoms with van der Waals surface area (Å²) in [5.74, 6) is 1.70. The number of esters is 1. The molecule has 0 saturated heterocycles. The second kappa shape index (κ2) is 11.8. The molecule has 0 amide bonds. The van der Waals surface area contributed by atoms with Gasteiger partial charge in [0.25, 0.3) is 0 Å². The van der Waals surface area contributed by atoms with Crippen molar-refractivity contribution < 1.29 is 38.1 Å². The minimum atomic E-state index is -0.417. The molecule has 0 aliphatic heterocycles. The lowest BCUT2D eigenvalue weighted by atomic mass is 10.0. The largest absolute Gasteiger partial charge is 0.469 e. The van der Waals surface area contributed by atoms with Crippen molar-refractivity contribution in [1.82, 2.24) is 0 Å². The molecule has 0 bridgehead atoms. The van der Waals surface area contributed by atoms with Gasteiger partial charge in [-0.15, -0.1) is 0 Å². The number of carbonyl (C=O) groups excluding carboxylic acids is 1. The number of carbonyl (C=O) groups is 1. The summed E-state index contributed by atoms with van der Waals surface area (Å²) >= 11 is 0. The molecule has 0 fully saturated rings. The van der Waals surface area contributed by atoms with Crippen LogP contribution in [0.5, 0.6) is 11.5 Å². The predicted octanol–water partition coefficient (Wildman–Crippen LogP) is 3.41. The summed E-state index contributed by atoms with van der Waals surface area (Å²) in [5.41, 5.74) is 1.81. The molecule has 1 N–H and O–H groups in total. The van der Waals surface area contributed by atoms with Gasteiger partial charge in [-0.3, -0.25) is 4.79 Å². The topological polar surface area (TPSA) is 109 Å². The van der Waals surface area contributed by atoms with Gasteiger partial charge in [0.15, 0.2) is 13.6 Å². The Morgan fingerprint density at radius 3 is 2.50 bits per heavy atom. The van der Waals surface area contributed by atoms with Crippen LogP contribution in [0.1, 0.15) is 24.7 Å². The monoisotopic (exact) mass is 421 g/mol. The third kappa shape index (κ3) is 6.50. The van der Waals surface area contributed by atoms with E-state index >= 15 is 0 Å². The van der Waals surface area contributed by atoms with Crippen molar-refractivity contribution in [1.29, 1.82) is 0 Å². The van der Waals surface area contributed by atoms with E-state index in [-0.39, 0.29) is 20.0 Å². The van der Waals surface area contributed by atoms with Gasteiger partial charge in [-0.05, 0) is 37.1 Å². The van der Waals surface area contributed by atoms with Crippen LogP contribution in [0.2, 0.25) is 0 Å². The summed E-state index contributed by atoms with van der Waals surface area (Å²) in [7, 11) is 4.35. The van der Waals surface area contributed by atoms with Crippen LogP contribution < -0.4 is 9.47 Å². The Morgan fingerprint density at radius 2 is 1.83 bits per heavy atom. The van der Waals surface area contributed by atoms with Crippen LogP contribution in [-0.2, 0) is 31.8 Å². The molecule has 0 radical (unpaired) electrons. The SMILES string of the molecule is COCOc1cc(CC(=O)OC)c(-c2ccc(CC/C(C)=N\O)o2)c(OCOC)c1. The Bertz CT molecular complexity index is 859. The van der Waals surface area contributed by atoms with Crippen molar-refractivity contribution in [3.05, 3.63) is 35.6 Å². The minimum Gasteiger partial charge on any atom is -0.469 e. The van der Waals surface area contributed by atoms with Crippen LogP contribution in [0, 0.1) is 0 Å². The molecular formula is C21H27NO8. The van der Waals surface area contributed by atoms with Crippen molar-refractivity contribution >= 4 is 11.7 Å². The molecule has 0 saturated carbocycles. The van der Waals surface area contributed by atoms with E-state index in [1.807, 2.05) is 6.07 Å². The number of oxime groups is 1. The molecule has 1 heterocycles. The second-order valence-corrected chi connectivity index (χ2v) is 6.41. The molecule has 9 heteroatoms. The van der Waals surface area contributed by atoms with E-state index in [2.05, 4.69) is 5.16 Å². The lowest BCUT2D eigenvalue weighted by Crippen LogP contribution is -2.09. The summed E-state index contributed by atoms with van der Waals surface area (Å²) in [6, 6.07) is 7.03. The first kappa shape index (κ1) is 23.2. The van der Waals surface area contributed by atoms with Gasteiger partial charge < -0.3 is 33.3 Å². The van der Waals surface area contributed by atoms with E-state index in [0.29, 0.717) is 52.7 Å². The Balaban J connectivity index is 2.47. The number of ether oxygens (including phenoxy) is 5. The molecule has 9 nitrogen and oxygen atoms in total. The smallest absolute Gasteiger partial charge is 0.310 e. The number of rotatable bonds is 12. The highest BCUT2D eigenvalue weighted by Gasteiger charge is 2.21. The number of methoxy groups -OCH3 is 3. The Morgan fingerprint density at radius 1 is 1.10 bits per heavy atom. The van der Waals surface area contributed by atoms with Crippen LogP contribution in [0.3, 0.4) is 0 Å². The lowest BCUT2D eigenvalue weighted by Gasteiger charge is -2.16. The molecule has 1 aromatic heterocycles. The molecule has 0 unspecified atom stereocenters. The first-order valence-electron chi connectivity index (χ1n) is 9.26. The minimum absolute atomic E-state index is 0.00187. The van der Waals surface area contributed by atoms with Crippen molar-refractivity contribution in [3.63, 3.8) is 0 Å². The second-order valence-electron chi connectivity index (χ2n) is 6.41. The zero-order valence-electron chi connectivity index (χ0n) is 17.6. The molecule has 2 aromatic rings. The van der Waals surface area contributed by atoms with Gasteiger partial charge >= 0.3 is 5.97 Å². The summed E-state index contributed by atoms with van der Waals surface area (Å²) in [4.78, 5) is 12.0. The van der Waals surface area contributed by atoms with Crippen molar-refractivity contribution in [3.8, 4) is 22.8 Å². The fourth-order valence-electron chi connectivity index (χ4n) is 2.74. The van der Waals surface area contributed by atoms with E-state index in [9.17, 15) is 4.79 Å². The van der Waals surface area contributed by atoms with Crippen molar-refractivity contribution in [2.75, 3.05) is 34.9 Å². The molecular weight excluding hydrogens is 394 g/mol. The average Bonchev–Trinajstić information content (AvgIpc) is 3.22. The van der Waals surface area contributed by atoms with Crippen LogP contribution >= 0.6 is 0 Å². The van der Waals surface area contributed by atoms with E-state index in [4.69, 9.17) is 33.3 Å². The number of aryl methyl sites for hydroxylation is 1. The van der Waals surface area contributed by atoms with Crippen molar-refractivity contribution in [2.45, 2.75) is 26.2 Å². The summed E-state index contributed by atoms with van der Waals surface area (Å²) < 4.78 is 32.1. The normalized spacial score (nSPS) is 11.4. The van der Waals surface area contributed by atoms with Crippen LogP contribution in [0.4, 0.5) is 0 Å². The Labute approximate surface area is 175 Å². The number of hydrogen-bond donors (Lipinski definition) is 1. The lowest BCUT2D eigenvalue weighted by molar-refractivity contribution is -0.139. The van der Waals surface area contributed by atoms with Gasteiger partial charge in [0.1, 0.15) is 23.0 Å². The van der Waals surface area contributed by atoms with Crippen LogP contribution in [0.15, 0.2) is 33.8 Å². The van der Waals surface area contributed by atoms with E-state index in [0.717, 1.165) is 0 Å². The quantitative estimate of drug-likeness (QED) is 0.183. The van der Waals surface area contributed by atoms with Gasteiger partial charge in [0.2, 0.25) is 0 Å². The summed E-state index contributed by atoms with van der Waals surface area (Å²) in [6.45, 7) is 1.77. The standard InChI is InChI=1S/C21H27NO8/c1-14(22-24)5-6-16-7-8-18(30-16)21-15(10-20(23)27-4)9-17(28-12-25-2)11-19(21)29-13-26-3/h7-9,11,24H,5-6,10,12-13H2,1-4H3/b22-14-. The number of hydrogen-bond acceptors (Lipinski definition) is 9. The predicted molar refractivity (Wildman–Crippen MR) is 108 cm³/mol. The third-order valence-corrected chi connectivity index (χ3v) is 4.21. The average molecular weight is 421 g/mol. The van der Waals surface area contributed by atoms with Crippen LogP contribution in [-0.4, -0.2) is 51.8 Å². The third-order valence-electron chi connectivity index (χ3n) is 4.21. The highest BCUT2D eigenvalue weighted by molar-refractivity contribution is 5.81. The number of benzene rings is 1. The fourth-order valence-corrected chi connectivity index (χ4v) is 2.74. The Kier molecular flexibility index (Phi) is 9.17. The molecule has 0 atom stereocenters. The van der Waals surface area contributed by atoms with Crippen LogP contribution in [0.25, 0.3) is 11.3 Å². The first-order chi connectivity index (χ1) is 14.5. The molecule has 30 heavy (non-hydrogen) atoms. The first-order valence-corrected chi connectivity index (χ1v) is 9.26. The molecule has 1 aromatic carbocycles. The van der Waals surface area contributed by atoms with E-state index in [1.54, 1.807) is 25.1 Å². The maximum atomic E-state index is 12.0. The molecule has 0 aliphatic carbocycles. The Hall–Kier alpha value is -3.04. The maximum absolute atomic E-state index is 12.0. The van der Waals surface area contributed by atoms with E-state index < -0.39 is 5.97 Å². The van der Waals surface area contributed by atoms with Gasteiger partial charge in [-0.1, -0.05) is 5.16 Å². The maximum Gasteiger partial charge on any atom is 0.310 e. The van der Waals surface area contributed by atoms with E-state index in [1.165, 1.54) is 21.3 Å².